The van der Waals surface area contributed by atoms with E-state index in [0.29, 0.717) is 6.42 Å². The first-order valence-corrected chi connectivity index (χ1v) is 12.0. The van der Waals surface area contributed by atoms with E-state index >= 15 is 0 Å². The lowest BCUT2D eigenvalue weighted by Crippen LogP contribution is -2.33. The van der Waals surface area contributed by atoms with Crippen molar-refractivity contribution in [3.8, 4) is 0 Å². The number of hydrogen-bond acceptors (Lipinski definition) is 8. The number of thioether (sulfide) groups is 2. The lowest BCUT2D eigenvalue weighted by atomic mass is 10.1. The van der Waals surface area contributed by atoms with Gasteiger partial charge < -0.3 is 14.9 Å². The smallest absolute Gasteiger partial charge is 0.338 e. The number of nitro groups is 1. The van der Waals surface area contributed by atoms with Gasteiger partial charge in [0.1, 0.15) is 12.7 Å². The molecule has 0 bridgehead atoms. The van der Waals surface area contributed by atoms with Crippen LogP contribution in [0.15, 0.2) is 24.3 Å². The molecule has 0 aliphatic rings. The zero-order chi connectivity index (χ0) is 21.6. The average Bonchev–Trinajstić information content (AvgIpc) is 2.71. The highest BCUT2D eigenvalue weighted by Crippen LogP contribution is 2.30. The number of benzene rings is 1. The van der Waals surface area contributed by atoms with Gasteiger partial charge in [0.05, 0.1) is 21.2 Å². The Hall–Kier alpha value is -1.29. The number of non-ortho nitro benzene ring substituents is 1. The summed E-state index contributed by atoms with van der Waals surface area (Å²) in [5.74, 6) is 1.33. The van der Waals surface area contributed by atoms with Crippen molar-refractivity contribution in [2.24, 2.45) is 0 Å². The predicted molar refractivity (Wildman–Crippen MR) is 119 cm³/mol. The molecule has 0 amide bonds. The van der Waals surface area contributed by atoms with Crippen LogP contribution in [0.2, 0.25) is 0 Å². The Morgan fingerprint density at radius 2 is 1.62 bits per heavy atom. The molecule has 0 saturated carbocycles. The molecule has 164 valence electrons. The molecule has 9 heteroatoms. The number of nitrogens with zero attached hydrogens (tertiary/aromatic N) is 1. The van der Waals surface area contributed by atoms with Crippen LogP contribution in [0.4, 0.5) is 5.69 Å². The minimum atomic E-state index is -1.18. The molecule has 29 heavy (non-hydrogen) atoms. The summed E-state index contributed by atoms with van der Waals surface area (Å²) in [6.45, 7) is 3.94. The summed E-state index contributed by atoms with van der Waals surface area (Å²) >= 11 is 3.59. The van der Waals surface area contributed by atoms with E-state index in [4.69, 9.17) is 4.74 Å². The van der Waals surface area contributed by atoms with Crippen molar-refractivity contribution in [2.75, 3.05) is 18.1 Å². The molecule has 1 aromatic carbocycles. The van der Waals surface area contributed by atoms with Crippen molar-refractivity contribution >= 4 is 35.2 Å². The summed E-state index contributed by atoms with van der Waals surface area (Å²) in [7, 11) is 0. The predicted octanol–water partition coefficient (Wildman–Crippen LogP) is 4.26. The SMILES string of the molecule is CCCCSC(C[C@@H](O)[C@@H](O)COC(=O)c1ccc([N+](=O)[O-])cc1)SCCCC. The Kier molecular flexibility index (Phi) is 13.0. The van der Waals surface area contributed by atoms with E-state index in [1.807, 2.05) is 0 Å². The van der Waals surface area contributed by atoms with Crippen LogP contribution in [0.5, 0.6) is 0 Å². The third-order valence-electron chi connectivity index (χ3n) is 4.18. The Morgan fingerprint density at radius 1 is 1.07 bits per heavy atom. The summed E-state index contributed by atoms with van der Waals surface area (Å²) in [5, 5.41) is 31.2. The number of nitro benzene ring substituents is 1. The molecule has 2 N–H and O–H groups in total. The van der Waals surface area contributed by atoms with Crippen LogP contribution in [-0.2, 0) is 4.74 Å². The van der Waals surface area contributed by atoms with Crippen LogP contribution in [0.1, 0.15) is 56.3 Å². The largest absolute Gasteiger partial charge is 0.459 e. The first-order valence-electron chi connectivity index (χ1n) is 9.89. The van der Waals surface area contributed by atoms with Gasteiger partial charge in [0.25, 0.3) is 5.69 Å². The average molecular weight is 446 g/mol. The highest BCUT2D eigenvalue weighted by molar-refractivity contribution is 8.17. The van der Waals surface area contributed by atoms with Gasteiger partial charge in [-0.2, -0.15) is 0 Å². The molecule has 0 aromatic heterocycles. The number of unbranched alkanes of at least 4 members (excludes halogenated alkanes) is 2. The van der Waals surface area contributed by atoms with E-state index < -0.39 is 23.1 Å². The normalized spacial score (nSPS) is 13.3. The lowest BCUT2D eigenvalue weighted by Gasteiger charge is -2.23. The van der Waals surface area contributed by atoms with Crippen molar-refractivity contribution in [2.45, 2.75) is 62.7 Å². The molecule has 0 aliphatic heterocycles. The quantitative estimate of drug-likeness (QED) is 0.135. The van der Waals surface area contributed by atoms with Gasteiger partial charge in [0.15, 0.2) is 0 Å². The second kappa shape index (κ2) is 14.7. The summed E-state index contributed by atoms with van der Waals surface area (Å²) < 4.78 is 5.24. The molecule has 7 nitrogen and oxygen atoms in total. The zero-order valence-electron chi connectivity index (χ0n) is 17.0. The van der Waals surface area contributed by atoms with E-state index in [1.54, 1.807) is 23.5 Å². The fraction of sp³-hybridized carbons (Fsp3) is 0.650. The Bertz CT molecular complexity index is 603. The van der Waals surface area contributed by atoms with E-state index in [-0.39, 0.29) is 22.4 Å². The van der Waals surface area contributed by atoms with Gasteiger partial charge in [-0.3, -0.25) is 10.1 Å². The molecular weight excluding hydrogens is 414 g/mol. The second-order valence-electron chi connectivity index (χ2n) is 6.65. The third kappa shape index (κ3) is 10.3. The number of esters is 1. The van der Waals surface area contributed by atoms with Gasteiger partial charge in [0.2, 0.25) is 0 Å². The molecule has 0 unspecified atom stereocenters. The topological polar surface area (TPSA) is 110 Å². The molecule has 0 radical (unpaired) electrons. The molecular formula is C20H31NO6S2. The van der Waals surface area contributed by atoms with E-state index in [9.17, 15) is 25.1 Å². The molecule has 2 atom stereocenters. The van der Waals surface area contributed by atoms with Gasteiger partial charge in [-0.15, -0.1) is 23.5 Å². The minimum Gasteiger partial charge on any atom is -0.459 e. The van der Waals surface area contributed by atoms with Crippen LogP contribution in [0.3, 0.4) is 0 Å². The van der Waals surface area contributed by atoms with Gasteiger partial charge >= 0.3 is 5.97 Å². The third-order valence-corrected chi connectivity index (χ3v) is 7.17. The molecule has 0 spiro atoms. The fourth-order valence-electron chi connectivity index (χ4n) is 2.33. The molecule has 0 aliphatic carbocycles. The van der Waals surface area contributed by atoms with E-state index in [1.165, 1.54) is 24.3 Å². The maximum Gasteiger partial charge on any atom is 0.338 e. The molecule has 1 aromatic rings. The fourth-order valence-corrected chi connectivity index (χ4v) is 5.40. The number of carbonyl (C=O) groups excluding carboxylic acids is 1. The number of hydrogen-bond donors (Lipinski definition) is 2. The molecule has 0 saturated heterocycles. The first-order chi connectivity index (χ1) is 13.9. The van der Waals surface area contributed by atoms with E-state index in [2.05, 4.69) is 13.8 Å². The first kappa shape index (κ1) is 25.7. The zero-order valence-corrected chi connectivity index (χ0v) is 18.6. The number of rotatable bonds is 15. The van der Waals surface area contributed by atoms with Crippen molar-refractivity contribution in [1.82, 2.24) is 0 Å². The number of ether oxygens (including phenoxy) is 1. The Balaban J connectivity index is 2.49. The van der Waals surface area contributed by atoms with Crippen molar-refractivity contribution < 1.29 is 24.7 Å². The highest BCUT2D eigenvalue weighted by atomic mass is 32.2. The van der Waals surface area contributed by atoms with Crippen LogP contribution in [0, 0.1) is 10.1 Å². The van der Waals surface area contributed by atoms with Gasteiger partial charge in [-0.1, -0.05) is 26.7 Å². The van der Waals surface area contributed by atoms with Crippen LogP contribution < -0.4 is 0 Å². The number of aliphatic hydroxyl groups excluding tert-OH is 2. The standard InChI is InChI=1S/C20H31NO6S2/c1-3-5-11-28-19(29-12-6-4-2)13-17(22)18(23)14-27-20(24)15-7-9-16(10-8-15)21(25)26/h7-10,17-19,22-23H,3-6,11-14H2,1-2H3/t17-,18+/m1/s1. The van der Waals surface area contributed by atoms with Crippen molar-refractivity contribution in [3.63, 3.8) is 0 Å². The minimum absolute atomic E-state index is 0.121. The number of aliphatic hydroxyl groups is 2. The van der Waals surface area contributed by atoms with Crippen LogP contribution >= 0.6 is 23.5 Å². The second-order valence-corrected chi connectivity index (χ2v) is 9.57. The molecule has 0 heterocycles. The molecule has 0 fully saturated rings. The van der Waals surface area contributed by atoms with Crippen molar-refractivity contribution in [3.05, 3.63) is 39.9 Å². The Morgan fingerprint density at radius 3 is 2.10 bits per heavy atom. The summed E-state index contributed by atoms with van der Waals surface area (Å²) in [4.78, 5) is 22.1. The Labute approximate surface area is 180 Å². The van der Waals surface area contributed by atoms with E-state index in [0.717, 1.165) is 37.2 Å². The number of carbonyl (C=O) groups is 1. The summed E-state index contributed by atoms with van der Waals surface area (Å²) in [6, 6.07) is 5.03. The maximum absolute atomic E-state index is 12.0. The van der Waals surface area contributed by atoms with Crippen LogP contribution in [0.25, 0.3) is 0 Å². The maximum atomic E-state index is 12.0. The molecule has 1 rings (SSSR count). The summed E-state index contributed by atoms with van der Waals surface area (Å²) in [5.41, 5.74) is 0.0320. The van der Waals surface area contributed by atoms with Crippen molar-refractivity contribution in [1.29, 1.82) is 0 Å². The lowest BCUT2D eigenvalue weighted by molar-refractivity contribution is -0.384. The van der Waals surface area contributed by atoms with Crippen LogP contribution in [-0.4, -0.2) is 56.0 Å². The van der Waals surface area contributed by atoms with Gasteiger partial charge in [0, 0.05) is 12.1 Å². The van der Waals surface area contributed by atoms with Gasteiger partial charge in [-0.05, 0) is 42.9 Å². The summed E-state index contributed by atoms with van der Waals surface area (Å²) in [6.07, 6.45) is 2.69. The van der Waals surface area contributed by atoms with Gasteiger partial charge in [-0.25, -0.2) is 4.79 Å². The monoisotopic (exact) mass is 445 g/mol. The highest BCUT2D eigenvalue weighted by Gasteiger charge is 2.23.